The number of fused-ring (bicyclic) bond motifs is 3. The van der Waals surface area contributed by atoms with E-state index in [1.807, 2.05) is 0 Å². The van der Waals surface area contributed by atoms with Crippen LogP contribution in [0.15, 0.2) is 0 Å². The lowest BCUT2D eigenvalue weighted by atomic mass is 9.75. The quantitative estimate of drug-likeness (QED) is 0.510. The van der Waals surface area contributed by atoms with Crippen molar-refractivity contribution in [3.63, 3.8) is 0 Å². The largest absolute Gasteiger partial charge is 0.393 e. The fourth-order valence-corrected chi connectivity index (χ4v) is 2.28. The Balaban J connectivity index is 2.12. The minimum atomic E-state index is -0.245. The molecule has 62 valence electrons. The van der Waals surface area contributed by atoms with Crippen LogP contribution in [-0.2, 0) is 4.79 Å². The molecule has 2 N–H and O–H groups in total. The first-order valence-electron chi connectivity index (χ1n) is 4.20. The second-order valence-corrected chi connectivity index (χ2v) is 3.57. The zero-order valence-electron chi connectivity index (χ0n) is 6.36. The topological polar surface area (TPSA) is 49.3 Å². The molecule has 11 heavy (non-hydrogen) atoms. The van der Waals surface area contributed by atoms with Gasteiger partial charge < -0.3 is 15.2 Å². The van der Waals surface area contributed by atoms with Crippen molar-refractivity contribution in [1.82, 2.24) is 5.32 Å². The summed E-state index contributed by atoms with van der Waals surface area (Å²) < 4.78 is 0. The number of carbonyl (C=O) groups excluding carboxylic acids is 1. The van der Waals surface area contributed by atoms with E-state index in [0.29, 0.717) is 6.04 Å². The number of carbonyl (C=O) groups is 1. The Bertz CT molecular complexity index is 171. The molecular formula is C8H13NO2. The van der Waals surface area contributed by atoms with Gasteiger partial charge in [0.15, 0.2) is 0 Å². The predicted molar refractivity (Wildman–Crippen MR) is 40.1 cm³/mol. The van der Waals surface area contributed by atoms with E-state index < -0.39 is 0 Å². The minimum absolute atomic E-state index is 0.0856. The summed E-state index contributed by atoms with van der Waals surface area (Å²) in [5.41, 5.74) is 0. The van der Waals surface area contributed by atoms with E-state index in [1.54, 1.807) is 0 Å². The Labute approximate surface area is 65.8 Å². The van der Waals surface area contributed by atoms with Gasteiger partial charge in [-0.05, 0) is 19.3 Å². The average Bonchev–Trinajstić information content (AvgIpc) is 2.04. The van der Waals surface area contributed by atoms with E-state index in [-0.39, 0.29) is 18.1 Å². The van der Waals surface area contributed by atoms with E-state index in [0.717, 1.165) is 25.5 Å². The molecule has 1 aliphatic carbocycles. The molecule has 2 aliphatic heterocycles. The SMILES string of the molecule is O=C[C@H]1NC2CC[C@@H]1[C@H](O)C2. The van der Waals surface area contributed by atoms with Gasteiger partial charge in [-0.25, -0.2) is 0 Å². The molecule has 0 radical (unpaired) electrons. The minimum Gasteiger partial charge on any atom is -0.393 e. The van der Waals surface area contributed by atoms with E-state index in [1.165, 1.54) is 0 Å². The highest BCUT2D eigenvalue weighted by Crippen LogP contribution is 2.32. The Morgan fingerprint density at radius 3 is 2.73 bits per heavy atom. The van der Waals surface area contributed by atoms with Crippen LogP contribution in [0.4, 0.5) is 0 Å². The third-order valence-electron chi connectivity index (χ3n) is 2.90. The number of aliphatic hydroxyl groups excluding tert-OH is 1. The highest BCUT2D eigenvalue weighted by Gasteiger charge is 2.40. The van der Waals surface area contributed by atoms with Crippen molar-refractivity contribution in [1.29, 1.82) is 0 Å². The van der Waals surface area contributed by atoms with Gasteiger partial charge in [0.2, 0.25) is 0 Å². The molecule has 2 bridgehead atoms. The van der Waals surface area contributed by atoms with Crippen molar-refractivity contribution < 1.29 is 9.90 Å². The van der Waals surface area contributed by atoms with Gasteiger partial charge in [-0.2, -0.15) is 0 Å². The van der Waals surface area contributed by atoms with Crippen molar-refractivity contribution in [3.05, 3.63) is 0 Å². The molecule has 0 aromatic heterocycles. The van der Waals surface area contributed by atoms with Gasteiger partial charge in [0, 0.05) is 12.0 Å². The molecule has 3 fully saturated rings. The zero-order chi connectivity index (χ0) is 7.84. The third kappa shape index (κ3) is 1.08. The van der Waals surface area contributed by atoms with Gasteiger partial charge in [0.1, 0.15) is 6.29 Å². The number of piperidine rings is 2. The number of aldehydes is 1. The van der Waals surface area contributed by atoms with Crippen LogP contribution in [0.25, 0.3) is 0 Å². The first-order valence-corrected chi connectivity index (χ1v) is 4.20. The standard InChI is InChI=1S/C8H13NO2/c10-4-7-6-2-1-5(9-7)3-8(6)11/h4-9,11H,1-3H2/t5?,6-,7+,8+/m0/s1. The van der Waals surface area contributed by atoms with Crippen LogP contribution >= 0.6 is 0 Å². The molecule has 3 rings (SSSR count). The van der Waals surface area contributed by atoms with Crippen LogP contribution in [0.2, 0.25) is 0 Å². The lowest BCUT2D eigenvalue weighted by Gasteiger charge is -2.44. The fourth-order valence-electron chi connectivity index (χ4n) is 2.28. The summed E-state index contributed by atoms with van der Waals surface area (Å²) in [6, 6.07) is 0.294. The Kier molecular flexibility index (Phi) is 1.69. The molecule has 1 saturated carbocycles. The maximum atomic E-state index is 10.5. The molecular weight excluding hydrogens is 142 g/mol. The van der Waals surface area contributed by atoms with Gasteiger partial charge in [-0.3, -0.25) is 0 Å². The molecule has 2 heterocycles. The van der Waals surface area contributed by atoms with Gasteiger partial charge in [-0.15, -0.1) is 0 Å². The molecule has 3 heteroatoms. The maximum absolute atomic E-state index is 10.5. The summed E-state index contributed by atoms with van der Waals surface area (Å²) in [7, 11) is 0. The molecule has 0 amide bonds. The van der Waals surface area contributed by atoms with E-state index in [9.17, 15) is 9.90 Å². The normalized spacial score (nSPS) is 49.2. The number of rotatable bonds is 1. The summed E-state index contributed by atoms with van der Waals surface area (Å²) in [6.07, 6.45) is 3.63. The average molecular weight is 155 g/mol. The third-order valence-corrected chi connectivity index (χ3v) is 2.90. The number of hydrogen-bond acceptors (Lipinski definition) is 3. The molecule has 0 spiro atoms. The highest BCUT2D eigenvalue weighted by atomic mass is 16.3. The van der Waals surface area contributed by atoms with E-state index in [2.05, 4.69) is 5.32 Å². The van der Waals surface area contributed by atoms with Crippen LogP contribution in [-0.4, -0.2) is 29.6 Å². The first-order chi connectivity index (χ1) is 5.31. The van der Waals surface area contributed by atoms with Crippen molar-refractivity contribution in [2.24, 2.45) is 5.92 Å². The second-order valence-electron chi connectivity index (χ2n) is 3.57. The maximum Gasteiger partial charge on any atom is 0.137 e. The van der Waals surface area contributed by atoms with Gasteiger partial charge in [-0.1, -0.05) is 0 Å². The molecule has 3 aliphatic rings. The molecule has 2 saturated heterocycles. The summed E-state index contributed by atoms with van der Waals surface area (Å²) in [5.74, 6) is 0.178. The molecule has 0 aromatic rings. The van der Waals surface area contributed by atoms with Crippen LogP contribution < -0.4 is 5.32 Å². The van der Waals surface area contributed by atoms with Crippen LogP contribution in [0.5, 0.6) is 0 Å². The van der Waals surface area contributed by atoms with E-state index >= 15 is 0 Å². The van der Waals surface area contributed by atoms with Gasteiger partial charge in [0.05, 0.1) is 12.1 Å². The van der Waals surface area contributed by atoms with Gasteiger partial charge >= 0.3 is 0 Å². The monoisotopic (exact) mass is 155 g/mol. The summed E-state index contributed by atoms with van der Waals surface area (Å²) in [6.45, 7) is 0. The van der Waals surface area contributed by atoms with Crippen molar-refractivity contribution in [2.45, 2.75) is 37.5 Å². The molecule has 4 atom stereocenters. The van der Waals surface area contributed by atoms with Crippen molar-refractivity contribution in [3.8, 4) is 0 Å². The zero-order valence-corrected chi connectivity index (χ0v) is 6.36. The highest BCUT2D eigenvalue weighted by molar-refractivity contribution is 5.59. The van der Waals surface area contributed by atoms with Crippen LogP contribution in [0, 0.1) is 5.92 Å². The Hall–Kier alpha value is -0.410. The molecule has 3 nitrogen and oxygen atoms in total. The number of aliphatic hydroxyl groups is 1. The van der Waals surface area contributed by atoms with Crippen LogP contribution in [0.1, 0.15) is 19.3 Å². The summed E-state index contributed by atoms with van der Waals surface area (Å²) in [5, 5.41) is 12.7. The molecule has 0 aromatic carbocycles. The van der Waals surface area contributed by atoms with Gasteiger partial charge in [0.25, 0.3) is 0 Å². The first kappa shape index (κ1) is 7.25. The van der Waals surface area contributed by atoms with E-state index in [4.69, 9.17) is 0 Å². The lowest BCUT2D eigenvalue weighted by Crippen LogP contribution is -2.58. The summed E-state index contributed by atoms with van der Waals surface area (Å²) >= 11 is 0. The Morgan fingerprint density at radius 1 is 1.45 bits per heavy atom. The fraction of sp³-hybridized carbons (Fsp3) is 0.875. The predicted octanol–water partition coefficient (Wildman–Crippen LogP) is -0.313. The number of nitrogens with one attached hydrogen (secondary N) is 1. The van der Waals surface area contributed by atoms with Crippen molar-refractivity contribution >= 4 is 6.29 Å². The summed E-state index contributed by atoms with van der Waals surface area (Å²) in [4.78, 5) is 10.5. The van der Waals surface area contributed by atoms with Crippen molar-refractivity contribution in [2.75, 3.05) is 0 Å². The Morgan fingerprint density at radius 2 is 2.27 bits per heavy atom. The second kappa shape index (κ2) is 2.57. The molecule has 1 unspecified atom stereocenters. The smallest absolute Gasteiger partial charge is 0.137 e. The number of hydrogen-bond donors (Lipinski definition) is 2. The lowest BCUT2D eigenvalue weighted by molar-refractivity contribution is -0.115. The van der Waals surface area contributed by atoms with Crippen LogP contribution in [0.3, 0.4) is 0 Å².